The molecule has 84 valence electrons. The minimum atomic E-state index is -0.412. The highest BCUT2D eigenvalue weighted by molar-refractivity contribution is 9.10. The number of hydrogen-bond donors (Lipinski definition) is 0. The Kier molecular flexibility index (Phi) is 3.24. The van der Waals surface area contributed by atoms with E-state index < -0.39 is 6.09 Å². The zero-order valence-electron chi connectivity index (χ0n) is 8.48. The van der Waals surface area contributed by atoms with Gasteiger partial charge in [-0.25, -0.2) is 4.79 Å². The molecule has 1 fully saturated rings. The van der Waals surface area contributed by atoms with Crippen LogP contribution in [0.25, 0.3) is 0 Å². The summed E-state index contributed by atoms with van der Waals surface area (Å²) in [7, 11) is 0. The maximum atomic E-state index is 11.8. The Morgan fingerprint density at radius 2 is 2.06 bits per heavy atom. The van der Waals surface area contributed by atoms with Crippen molar-refractivity contribution in [2.45, 2.75) is 0 Å². The highest BCUT2D eigenvalue weighted by Gasteiger charge is 2.24. The number of benzene rings is 1. The average molecular weight is 284 g/mol. The van der Waals surface area contributed by atoms with Crippen molar-refractivity contribution in [3.05, 3.63) is 34.3 Å². The summed E-state index contributed by atoms with van der Waals surface area (Å²) >= 11 is 3.30. The van der Waals surface area contributed by atoms with E-state index in [0.717, 1.165) is 4.47 Å². The number of carbonyl (C=O) groups excluding carboxylic acids is 2. The van der Waals surface area contributed by atoms with Crippen LogP contribution in [0.1, 0.15) is 10.4 Å². The Morgan fingerprint density at radius 1 is 1.38 bits per heavy atom. The molecule has 1 amide bonds. The number of ketones is 1. The van der Waals surface area contributed by atoms with Crippen LogP contribution in [0, 0.1) is 0 Å². The first kappa shape index (κ1) is 11.1. The van der Waals surface area contributed by atoms with E-state index in [1.54, 1.807) is 24.3 Å². The molecule has 0 N–H and O–H groups in total. The molecule has 0 unspecified atom stereocenters. The first-order valence-corrected chi connectivity index (χ1v) is 5.66. The summed E-state index contributed by atoms with van der Waals surface area (Å²) in [6, 6.07) is 7.06. The van der Waals surface area contributed by atoms with E-state index in [1.807, 2.05) is 0 Å². The molecule has 1 aromatic rings. The van der Waals surface area contributed by atoms with E-state index in [0.29, 0.717) is 18.7 Å². The fourth-order valence-corrected chi connectivity index (χ4v) is 1.73. The first-order valence-electron chi connectivity index (χ1n) is 4.87. The molecule has 0 atom stereocenters. The van der Waals surface area contributed by atoms with Gasteiger partial charge in [-0.3, -0.25) is 9.69 Å². The highest BCUT2D eigenvalue weighted by atomic mass is 79.9. The number of hydrogen-bond acceptors (Lipinski definition) is 3. The fraction of sp³-hybridized carbons (Fsp3) is 0.273. The van der Waals surface area contributed by atoms with Gasteiger partial charge in [0, 0.05) is 10.0 Å². The second-order valence-corrected chi connectivity index (χ2v) is 4.38. The minimum Gasteiger partial charge on any atom is -0.448 e. The standard InChI is InChI=1S/C11H10BrNO3/c12-9-3-1-8(2-4-9)10(14)7-13-5-6-16-11(13)15/h1-4H,5-7H2. The van der Waals surface area contributed by atoms with Gasteiger partial charge in [0.15, 0.2) is 5.78 Å². The largest absolute Gasteiger partial charge is 0.448 e. The molecule has 0 bridgehead atoms. The van der Waals surface area contributed by atoms with E-state index in [-0.39, 0.29) is 12.3 Å². The van der Waals surface area contributed by atoms with Gasteiger partial charge in [-0.15, -0.1) is 0 Å². The smallest absolute Gasteiger partial charge is 0.410 e. The molecule has 5 heteroatoms. The molecule has 1 aliphatic heterocycles. The van der Waals surface area contributed by atoms with Crippen LogP contribution in [0.5, 0.6) is 0 Å². The number of cyclic esters (lactones) is 1. The van der Waals surface area contributed by atoms with Crippen LogP contribution in [-0.2, 0) is 4.74 Å². The summed E-state index contributed by atoms with van der Waals surface area (Å²) in [6.45, 7) is 0.939. The summed E-state index contributed by atoms with van der Waals surface area (Å²) in [6.07, 6.45) is -0.412. The Hall–Kier alpha value is -1.36. The number of rotatable bonds is 3. The van der Waals surface area contributed by atoms with Crippen molar-refractivity contribution in [1.29, 1.82) is 0 Å². The Bertz CT molecular complexity index is 416. The zero-order chi connectivity index (χ0) is 11.5. The van der Waals surface area contributed by atoms with Gasteiger partial charge in [-0.05, 0) is 12.1 Å². The number of halogens is 1. The SMILES string of the molecule is O=C(CN1CCOC1=O)c1ccc(Br)cc1. The van der Waals surface area contributed by atoms with Crippen LogP contribution >= 0.6 is 15.9 Å². The van der Waals surface area contributed by atoms with E-state index in [2.05, 4.69) is 15.9 Å². The van der Waals surface area contributed by atoms with Crippen molar-refractivity contribution in [3.63, 3.8) is 0 Å². The molecular formula is C11H10BrNO3. The molecule has 0 spiro atoms. The van der Waals surface area contributed by atoms with Crippen LogP contribution in [0.4, 0.5) is 4.79 Å². The van der Waals surface area contributed by atoms with Crippen LogP contribution in [0.2, 0.25) is 0 Å². The molecule has 1 heterocycles. The number of amides is 1. The molecule has 1 aromatic carbocycles. The van der Waals surface area contributed by atoms with Gasteiger partial charge >= 0.3 is 6.09 Å². The van der Waals surface area contributed by atoms with Gasteiger partial charge < -0.3 is 4.74 Å². The summed E-state index contributed by atoms with van der Waals surface area (Å²) in [5.41, 5.74) is 0.600. The van der Waals surface area contributed by atoms with E-state index in [4.69, 9.17) is 4.74 Å². The lowest BCUT2D eigenvalue weighted by Crippen LogP contribution is -2.30. The molecule has 0 aliphatic carbocycles. The third-order valence-electron chi connectivity index (χ3n) is 2.35. The van der Waals surface area contributed by atoms with Crippen molar-refractivity contribution >= 4 is 27.8 Å². The van der Waals surface area contributed by atoms with Gasteiger partial charge in [0.05, 0.1) is 13.1 Å². The third kappa shape index (κ3) is 2.41. The topological polar surface area (TPSA) is 46.6 Å². The lowest BCUT2D eigenvalue weighted by Gasteiger charge is -2.11. The van der Waals surface area contributed by atoms with Crippen LogP contribution in [0.3, 0.4) is 0 Å². The van der Waals surface area contributed by atoms with E-state index in [1.165, 1.54) is 4.90 Å². The lowest BCUT2D eigenvalue weighted by atomic mass is 10.1. The molecular weight excluding hydrogens is 274 g/mol. The van der Waals surface area contributed by atoms with E-state index >= 15 is 0 Å². The number of nitrogens with zero attached hydrogens (tertiary/aromatic N) is 1. The second-order valence-electron chi connectivity index (χ2n) is 3.47. The Balaban J connectivity index is 2.02. The predicted molar refractivity (Wildman–Crippen MR) is 61.4 cm³/mol. The fourth-order valence-electron chi connectivity index (χ4n) is 1.47. The second kappa shape index (κ2) is 4.65. The van der Waals surface area contributed by atoms with Gasteiger partial charge in [-0.1, -0.05) is 28.1 Å². The van der Waals surface area contributed by atoms with Crippen molar-refractivity contribution < 1.29 is 14.3 Å². The lowest BCUT2D eigenvalue weighted by molar-refractivity contribution is 0.0943. The molecule has 0 aromatic heterocycles. The molecule has 2 rings (SSSR count). The monoisotopic (exact) mass is 283 g/mol. The highest BCUT2D eigenvalue weighted by Crippen LogP contribution is 2.12. The van der Waals surface area contributed by atoms with Crippen molar-refractivity contribution in [2.75, 3.05) is 19.7 Å². The summed E-state index contributed by atoms with van der Waals surface area (Å²) in [5.74, 6) is -0.0775. The Labute approximate surface area is 101 Å². The molecule has 0 saturated carbocycles. The minimum absolute atomic E-state index is 0.0775. The molecule has 1 saturated heterocycles. The number of Topliss-reactive ketones (excluding diaryl/α,β-unsaturated/α-hetero) is 1. The Morgan fingerprint density at radius 3 is 2.62 bits per heavy atom. The maximum absolute atomic E-state index is 11.8. The molecule has 1 aliphatic rings. The van der Waals surface area contributed by atoms with Crippen LogP contribution in [-0.4, -0.2) is 36.5 Å². The predicted octanol–water partition coefficient (Wildman–Crippen LogP) is 2.08. The van der Waals surface area contributed by atoms with Crippen molar-refractivity contribution in [3.8, 4) is 0 Å². The van der Waals surface area contributed by atoms with Crippen molar-refractivity contribution in [2.24, 2.45) is 0 Å². The van der Waals surface area contributed by atoms with Gasteiger partial charge in [0.1, 0.15) is 6.61 Å². The zero-order valence-corrected chi connectivity index (χ0v) is 10.1. The maximum Gasteiger partial charge on any atom is 0.410 e. The van der Waals surface area contributed by atoms with Gasteiger partial charge in [0.25, 0.3) is 0 Å². The van der Waals surface area contributed by atoms with Gasteiger partial charge in [-0.2, -0.15) is 0 Å². The van der Waals surface area contributed by atoms with Crippen molar-refractivity contribution in [1.82, 2.24) is 4.90 Å². The summed E-state index contributed by atoms with van der Waals surface area (Å²) in [4.78, 5) is 24.3. The van der Waals surface area contributed by atoms with E-state index in [9.17, 15) is 9.59 Å². The third-order valence-corrected chi connectivity index (χ3v) is 2.87. The number of carbonyl (C=O) groups is 2. The molecule has 0 radical (unpaired) electrons. The molecule has 4 nitrogen and oxygen atoms in total. The average Bonchev–Trinajstić information content (AvgIpc) is 2.65. The van der Waals surface area contributed by atoms with Gasteiger partial charge in [0.2, 0.25) is 0 Å². The van der Waals surface area contributed by atoms with Crippen LogP contribution < -0.4 is 0 Å². The summed E-state index contributed by atoms with van der Waals surface area (Å²) in [5, 5.41) is 0. The molecule has 16 heavy (non-hydrogen) atoms. The normalized spacial score (nSPS) is 15.1. The first-order chi connectivity index (χ1) is 7.66. The van der Waals surface area contributed by atoms with Crippen LogP contribution in [0.15, 0.2) is 28.7 Å². The number of ether oxygens (including phenoxy) is 1. The quantitative estimate of drug-likeness (QED) is 0.798. The summed E-state index contributed by atoms with van der Waals surface area (Å²) < 4.78 is 5.67.